The van der Waals surface area contributed by atoms with Gasteiger partial charge in [-0.25, -0.2) is 14.6 Å². The number of hydrogen-bond donors (Lipinski definition) is 1. The molecule has 0 aliphatic heterocycles. The molecule has 0 atom stereocenters. The van der Waals surface area contributed by atoms with Crippen LogP contribution in [0.15, 0.2) is 41.8 Å². The van der Waals surface area contributed by atoms with Crippen molar-refractivity contribution in [2.45, 2.75) is 10.9 Å². The van der Waals surface area contributed by atoms with Crippen molar-refractivity contribution in [3.63, 3.8) is 0 Å². The van der Waals surface area contributed by atoms with Crippen LogP contribution in [0.1, 0.15) is 25.6 Å². The van der Waals surface area contributed by atoms with Gasteiger partial charge in [0.2, 0.25) is 0 Å². The van der Waals surface area contributed by atoms with Crippen LogP contribution in [-0.4, -0.2) is 42.8 Å². The Morgan fingerprint density at radius 3 is 2.45 bits per heavy atom. The van der Waals surface area contributed by atoms with Crippen LogP contribution in [0.5, 0.6) is 5.75 Å². The number of nitrogens with zero attached hydrogens (tertiary/aromatic N) is 2. The number of thioether (sulfide) groups is 1. The summed E-state index contributed by atoms with van der Waals surface area (Å²) in [6, 6.07) is 7.53. The molecule has 3 aromatic rings. The number of carbonyl (C=O) groups is 2. The molecule has 2 N–H and O–H groups in total. The van der Waals surface area contributed by atoms with Crippen LogP contribution in [0.4, 0.5) is 5.00 Å². The summed E-state index contributed by atoms with van der Waals surface area (Å²) >= 11 is 2.37. The molecular weight excluding hydrogens is 414 g/mol. The molecule has 29 heavy (non-hydrogen) atoms. The summed E-state index contributed by atoms with van der Waals surface area (Å²) in [5.41, 5.74) is 7.54. The Balaban J connectivity index is 1.91. The van der Waals surface area contributed by atoms with Gasteiger partial charge in [-0.2, -0.15) is 0 Å². The van der Waals surface area contributed by atoms with Gasteiger partial charge in [-0.15, -0.1) is 11.3 Å². The summed E-state index contributed by atoms with van der Waals surface area (Å²) in [7, 11) is 4.16. The normalized spacial score (nSPS) is 10.6. The Hall–Kier alpha value is -2.98. The fourth-order valence-corrected chi connectivity index (χ4v) is 4.77. The summed E-state index contributed by atoms with van der Waals surface area (Å²) in [6.07, 6.45) is 3.51. The minimum Gasteiger partial charge on any atom is -0.497 e. The standard InChI is InChI=1S/C19H19N3O5S2/c1-25-12-6-4-11(5-7-12)22-9-8-21-19(22)28-10-13-14(17(23)26-2)16(20)29-15(13)18(24)27-3/h4-9H,10,20H2,1-3H3. The molecule has 0 amide bonds. The highest BCUT2D eigenvalue weighted by Gasteiger charge is 2.27. The second kappa shape index (κ2) is 9.01. The number of anilines is 1. The van der Waals surface area contributed by atoms with Gasteiger partial charge >= 0.3 is 11.9 Å². The fourth-order valence-electron chi connectivity index (χ4n) is 2.68. The maximum atomic E-state index is 12.2. The van der Waals surface area contributed by atoms with Crippen LogP contribution in [0.3, 0.4) is 0 Å². The van der Waals surface area contributed by atoms with E-state index in [2.05, 4.69) is 4.98 Å². The molecule has 0 saturated heterocycles. The Labute approximate surface area is 175 Å². The molecule has 1 aromatic carbocycles. The number of benzene rings is 1. The number of nitrogens with two attached hydrogens (primary N) is 1. The lowest BCUT2D eigenvalue weighted by molar-refractivity contribution is 0.0601. The van der Waals surface area contributed by atoms with E-state index in [9.17, 15) is 9.59 Å². The molecule has 152 valence electrons. The van der Waals surface area contributed by atoms with Crippen molar-refractivity contribution < 1.29 is 23.8 Å². The molecular formula is C19H19N3O5S2. The second-order valence-corrected chi connectivity index (χ2v) is 7.69. The molecule has 0 saturated carbocycles. The predicted octanol–water partition coefficient (Wildman–Crippen LogP) is 3.39. The molecule has 0 aliphatic carbocycles. The minimum atomic E-state index is -0.594. The van der Waals surface area contributed by atoms with Crippen LogP contribution in [0.25, 0.3) is 5.69 Å². The highest BCUT2D eigenvalue weighted by Crippen LogP contribution is 2.36. The number of nitrogen functional groups attached to an aromatic ring is 1. The lowest BCUT2D eigenvalue weighted by atomic mass is 10.1. The number of carbonyl (C=O) groups excluding carboxylic acids is 2. The largest absolute Gasteiger partial charge is 0.497 e. The van der Waals surface area contributed by atoms with Crippen molar-refractivity contribution in [3.05, 3.63) is 52.7 Å². The van der Waals surface area contributed by atoms with E-state index < -0.39 is 11.9 Å². The zero-order valence-corrected chi connectivity index (χ0v) is 17.6. The number of rotatable bonds is 7. The third-order valence-corrected chi connectivity index (χ3v) is 6.13. The zero-order valence-electron chi connectivity index (χ0n) is 16.0. The lowest BCUT2D eigenvalue weighted by Gasteiger charge is -2.09. The average molecular weight is 434 g/mol. The van der Waals surface area contributed by atoms with Gasteiger partial charge in [0.25, 0.3) is 0 Å². The van der Waals surface area contributed by atoms with E-state index in [0.717, 1.165) is 22.8 Å². The first-order valence-electron chi connectivity index (χ1n) is 8.38. The Kier molecular flexibility index (Phi) is 6.45. The maximum Gasteiger partial charge on any atom is 0.348 e. The first-order valence-corrected chi connectivity index (χ1v) is 10.2. The smallest absolute Gasteiger partial charge is 0.348 e. The maximum absolute atomic E-state index is 12.2. The van der Waals surface area contributed by atoms with Crippen LogP contribution in [0, 0.1) is 0 Å². The summed E-state index contributed by atoms with van der Waals surface area (Å²) < 4.78 is 16.7. The van der Waals surface area contributed by atoms with E-state index in [1.165, 1.54) is 26.0 Å². The Bertz CT molecular complexity index is 1030. The van der Waals surface area contributed by atoms with Gasteiger partial charge in [0.05, 0.1) is 26.9 Å². The molecule has 0 fully saturated rings. The number of methoxy groups -OCH3 is 3. The third-order valence-electron chi connectivity index (χ3n) is 4.10. The first-order chi connectivity index (χ1) is 14.0. The van der Waals surface area contributed by atoms with E-state index in [-0.39, 0.29) is 21.2 Å². The number of thiophene rings is 1. The number of ether oxygens (including phenoxy) is 3. The highest BCUT2D eigenvalue weighted by molar-refractivity contribution is 7.98. The van der Waals surface area contributed by atoms with Crippen molar-refractivity contribution in [1.82, 2.24) is 9.55 Å². The molecule has 0 radical (unpaired) electrons. The van der Waals surface area contributed by atoms with Gasteiger partial charge in [-0.05, 0) is 24.3 Å². The van der Waals surface area contributed by atoms with E-state index in [1.807, 2.05) is 35.0 Å². The monoisotopic (exact) mass is 433 g/mol. The molecule has 2 aromatic heterocycles. The Morgan fingerprint density at radius 1 is 1.14 bits per heavy atom. The average Bonchev–Trinajstić information content (AvgIpc) is 3.35. The number of aromatic nitrogens is 2. The molecule has 0 aliphatic rings. The van der Waals surface area contributed by atoms with Gasteiger partial charge in [-0.3, -0.25) is 4.57 Å². The van der Waals surface area contributed by atoms with E-state index in [1.54, 1.807) is 13.3 Å². The van der Waals surface area contributed by atoms with Gasteiger partial charge in [-0.1, -0.05) is 11.8 Å². The third kappa shape index (κ3) is 4.22. The molecule has 8 nitrogen and oxygen atoms in total. The highest BCUT2D eigenvalue weighted by atomic mass is 32.2. The molecule has 3 rings (SSSR count). The van der Waals surface area contributed by atoms with Crippen LogP contribution >= 0.6 is 23.1 Å². The fraction of sp³-hybridized carbons (Fsp3) is 0.211. The first kappa shape index (κ1) is 20.7. The molecule has 10 heteroatoms. The van der Waals surface area contributed by atoms with Crippen molar-refractivity contribution in [2.24, 2.45) is 0 Å². The van der Waals surface area contributed by atoms with Crippen LogP contribution in [-0.2, 0) is 15.2 Å². The summed E-state index contributed by atoms with van der Waals surface area (Å²) in [4.78, 5) is 29.0. The number of hydrogen-bond acceptors (Lipinski definition) is 9. The van der Waals surface area contributed by atoms with Crippen molar-refractivity contribution in [3.8, 4) is 11.4 Å². The summed E-state index contributed by atoms with van der Waals surface area (Å²) in [5, 5.41) is 0.901. The second-order valence-electron chi connectivity index (χ2n) is 5.70. The van der Waals surface area contributed by atoms with Gasteiger partial charge < -0.3 is 19.9 Å². The summed E-state index contributed by atoms with van der Waals surface area (Å²) in [6.45, 7) is 0. The number of esters is 2. The predicted molar refractivity (Wildman–Crippen MR) is 111 cm³/mol. The molecule has 0 spiro atoms. The Morgan fingerprint density at radius 2 is 1.83 bits per heavy atom. The zero-order chi connectivity index (χ0) is 21.0. The van der Waals surface area contributed by atoms with Gasteiger partial charge in [0.1, 0.15) is 15.6 Å². The van der Waals surface area contributed by atoms with Gasteiger partial charge in [0.15, 0.2) is 5.16 Å². The van der Waals surface area contributed by atoms with Crippen LogP contribution < -0.4 is 10.5 Å². The topological polar surface area (TPSA) is 106 Å². The van der Waals surface area contributed by atoms with Crippen LogP contribution in [0.2, 0.25) is 0 Å². The van der Waals surface area contributed by atoms with Crippen molar-refractivity contribution in [1.29, 1.82) is 0 Å². The molecule has 2 heterocycles. The van der Waals surface area contributed by atoms with E-state index in [0.29, 0.717) is 10.7 Å². The molecule has 0 unspecified atom stereocenters. The molecule has 0 bridgehead atoms. The quantitative estimate of drug-likeness (QED) is 0.446. The lowest BCUT2D eigenvalue weighted by Crippen LogP contribution is -2.08. The van der Waals surface area contributed by atoms with Crippen molar-refractivity contribution >= 4 is 40.0 Å². The van der Waals surface area contributed by atoms with E-state index >= 15 is 0 Å². The van der Waals surface area contributed by atoms with Gasteiger partial charge in [0, 0.05) is 29.4 Å². The van der Waals surface area contributed by atoms with E-state index in [4.69, 9.17) is 19.9 Å². The SMILES string of the molecule is COC(=O)c1sc(N)c(C(=O)OC)c1CSc1nccn1-c1ccc(OC)cc1. The summed E-state index contributed by atoms with van der Waals surface area (Å²) in [5.74, 6) is -0.105. The van der Waals surface area contributed by atoms with Crippen molar-refractivity contribution in [2.75, 3.05) is 27.1 Å². The minimum absolute atomic E-state index is 0.188. The number of imidazole rings is 1.